The van der Waals surface area contributed by atoms with E-state index in [2.05, 4.69) is 42.7 Å². The zero-order valence-electron chi connectivity index (χ0n) is 24.9. The summed E-state index contributed by atoms with van der Waals surface area (Å²) in [7, 11) is 0. The molecule has 5 rings (SSSR count). The maximum absolute atomic E-state index is 14.4. The highest BCUT2D eigenvalue weighted by Crippen LogP contribution is 2.45. The first-order chi connectivity index (χ1) is 22.4. The van der Waals surface area contributed by atoms with Crippen molar-refractivity contribution in [2.45, 2.75) is 30.2 Å². The Morgan fingerprint density at radius 3 is 2.41 bits per heavy atom. The van der Waals surface area contributed by atoms with Gasteiger partial charge in [0.2, 0.25) is 5.90 Å². The molecule has 0 bridgehead atoms. The number of aliphatic imine (C=N–C) groups is 1. The Bertz CT molecular complexity index is 1640. The smallest absolute Gasteiger partial charge is 0.266 e. The fourth-order valence-corrected chi connectivity index (χ4v) is 6.76. The zero-order valence-corrected chi connectivity index (χ0v) is 28.9. The van der Waals surface area contributed by atoms with E-state index in [0.717, 1.165) is 37.1 Å². The lowest BCUT2D eigenvalue weighted by Gasteiger charge is -2.31. The first-order valence-electron chi connectivity index (χ1n) is 14.8. The van der Waals surface area contributed by atoms with Gasteiger partial charge < -0.3 is 14.6 Å². The van der Waals surface area contributed by atoms with Crippen LogP contribution in [0, 0.1) is 5.82 Å². The lowest BCUT2D eigenvalue weighted by Crippen LogP contribution is -2.54. The number of aliphatic hydroxyl groups excluding tert-OH is 1. The van der Waals surface area contributed by atoms with Crippen LogP contribution >= 0.6 is 43.6 Å². The fourth-order valence-electron chi connectivity index (χ4n) is 5.02. The number of ether oxygens (including phenoxy) is 2. The van der Waals surface area contributed by atoms with Crippen molar-refractivity contribution in [2.24, 2.45) is 4.99 Å². The molecule has 4 aromatic rings. The van der Waals surface area contributed by atoms with E-state index in [9.17, 15) is 9.18 Å². The van der Waals surface area contributed by atoms with Crippen LogP contribution in [0.4, 0.5) is 4.39 Å². The molecule has 1 aliphatic rings. The van der Waals surface area contributed by atoms with Crippen LogP contribution in [-0.2, 0) is 21.7 Å². The van der Waals surface area contributed by atoms with E-state index >= 15 is 0 Å². The minimum Gasteiger partial charge on any atom is -0.494 e. The Morgan fingerprint density at radius 1 is 0.978 bits per heavy atom. The molecule has 46 heavy (non-hydrogen) atoms. The van der Waals surface area contributed by atoms with E-state index < -0.39 is 11.6 Å². The van der Waals surface area contributed by atoms with Gasteiger partial charge >= 0.3 is 0 Å². The normalized spacial score (nSPS) is 17.3. The molecular weight excluding hydrogens is 737 g/mol. The molecule has 0 unspecified atom stereocenters. The largest absolute Gasteiger partial charge is 0.494 e. The molecule has 3 N–H and O–H groups in total. The van der Waals surface area contributed by atoms with Crippen LogP contribution in [0.25, 0.3) is 0 Å². The molecule has 1 aliphatic heterocycles. The minimum atomic E-state index is -1.37. The van der Waals surface area contributed by atoms with Gasteiger partial charge in [-0.2, -0.15) is 11.8 Å². The summed E-state index contributed by atoms with van der Waals surface area (Å²) in [5, 5.41) is 9.06. The maximum atomic E-state index is 14.4. The van der Waals surface area contributed by atoms with Gasteiger partial charge in [-0.3, -0.25) is 10.2 Å². The zero-order chi connectivity index (χ0) is 32.4. The molecule has 2 atom stereocenters. The first kappa shape index (κ1) is 34.1. The van der Waals surface area contributed by atoms with Crippen LogP contribution in [0.15, 0.2) is 111 Å². The van der Waals surface area contributed by atoms with Gasteiger partial charge in [0.05, 0.1) is 6.61 Å². The molecule has 0 aromatic heterocycles. The second kappa shape index (κ2) is 16.6. The highest BCUT2D eigenvalue weighted by atomic mass is 79.9. The van der Waals surface area contributed by atoms with Gasteiger partial charge in [-0.05, 0) is 59.7 Å². The molecule has 0 radical (unpaired) electrons. The summed E-state index contributed by atoms with van der Waals surface area (Å²) < 4.78 is 27.2. The number of aliphatic hydroxyl groups is 1. The standard InChI is InChI=1S/C35H34Br2FN3O4S/c36-30-8-3-1-6-26(30)22-35(34(43)41-39-18-21-46-23-24-10-14-27(38)15-11-24)32(29-7-2-4-9-31(29)37)45-33(40-35)25-12-16-28(17-13-25)44-20-5-19-42/h1-4,6-17,32,39,42H,5,18-23H2,(H,41,43)/t32-,35-/m0/s1. The number of hydrogen-bond donors (Lipinski definition) is 3. The lowest BCUT2D eigenvalue weighted by atomic mass is 9.82. The fraction of sp³-hybridized carbons (Fsp3) is 0.257. The SMILES string of the molecule is O=C(NNCCSCc1ccc(F)cc1)[C@@]1(Cc2ccccc2Br)N=C(c2ccc(OCCCO)cc2)O[C@H]1c1ccccc1Br. The first-order valence-corrected chi connectivity index (χ1v) is 17.6. The number of nitrogens with zero attached hydrogens (tertiary/aromatic N) is 1. The molecule has 1 heterocycles. The van der Waals surface area contributed by atoms with Gasteiger partial charge in [0, 0.05) is 57.6 Å². The van der Waals surface area contributed by atoms with E-state index in [0.29, 0.717) is 36.8 Å². The Kier molecular flexibility index (Phi) is 12.3. The summed E-state index contributed by atoms with van der Waals surface area (Å²) in [6.45, 7) is 0.979. The van der Waals surface area contributed by atoms with E-state index in [1.165, 1.54) is 12.1 Å². The maximum Gasteiger partial charge on any atom is 0.266 e. The summed E-state index contributed by atoms with van der Waals surface area (Å²) in [5.74, 6) is 1.89. The lowest BCUT2D eigenvalue weighted by molar-refractivity contribution is -0.130. The van der Waals surface area contributed by atoms with Crippen molar-refractivity contribution in [1.82, 2.24) is 10.9 Å². The number of carbonyl (C=O) groups is 1. The molecular formula is C35H34Br2FN3O4S. The average molecular weight is 772 g/mol. The van der Waals surface area contributed by atoms with Gasteiger partial charge in [-0.15, -0.1) is 0 Å². The van der Waals surface area contributed by atoms with Crippen LogP contribution in [0.5, 0.6) is 5.75 Å². The van der Waals surface area contributed by atoms with Crippen LogP contribution < -0.4 is 15.6 Å². The van der Waals surface area contributed by atoms with Crippen LogP contribution in [0.1, 0.15) is 34.8 Å². The molecule has 0 aliphatic carbocycles. The summed E-state index contributed by atoms with van der Waals surface area (Å²) in [6.07, 6.45) is 0.0538. The van der Waals surface area contributed by atoms with E-state index in [4.69, 9.17) is 19.6 Å². The third-order valence-corrected chi connectivity index (χ3v) is 9.92. The quantitative estimate of drug-likeness (QED) is 0.0878. The Morgan fingerprint density at radius 2 is 1.70 bits per heavy atom. The number of rotatable bonds is 15. The van der Waals surface area contributed by atoms with E-state index in [-0.39, 0.29) is 24.8 Å². The summed E-state index contributed by atoms with van der Waals surface area (Å²) in [5.41, 5.74) is 8.10. The topological polar surface area (TPSA) is 92.2 Å². The molecule has 0 fully saturated rings. The third kappa shape index (κ3) is 8.57. The number of carbonyl (C=O) groups excluding carboxylic acids is 1. The second-order valence-electron chi connectivity index (χ2n) is 10.6. The van der Waals surface area contributed by atoms with Crippen molar-refractivity contribution in [2.75, 3.05) is 25.5 Å². The number of amides is 1. The Labute approximate surface area is 289 Å². The molecule has 0 spiro atoms. The van der Waals surface area contributed by atoms with Crippen molar-refractivity contribution >= 4 is 55.4 Å². The monoisotopic (exact) mass is 769 g/mol. The molecule has 1 amide bonds. The van der Waals surface area contributed by atoms with Crippen molar-refractivity contribution in [3.8, 4) is 5.75 Å². The van der Waals surface area contributed by atoms with Crippen molar-refractivity contribution in [1.29, 1.82) is 0 Å². The third-order valence-electron chi connectivity index (χ3n) is 7.39. The van der Waals surface area contributed by atoms with E-state index in [1.54, 1.807) is 23.9 Å². The highest BCUT2D eigenvalue weighted by Gasteiger charge is 2.54. The van der Waals surface area contributed by atoms with Crippen LogP contribution in [-0.4, -0.2) is 48.0 Å². The Hall–Kier alpha value is -3.22. The summed E-state index contributed by atoms with van der Waals surface area (Å²) >= 11 is 9.03. The highest BCUT2D eigenvalue weighted by molar-refractivity contribution is 9.10. The predicted octanol–water partition coefficient (Wildman–Crippen LogP) is 7.17. The molecule has 7 nitrogen and oxygen atoms in total. The summed E-state index contributed by atoms with van der Waals surface area (Å²) in [6, 6.07) is 29.3. The minimum absolute atomic E-state index is 0.0600. The number of nitrogens with one attached hydrogen (secondary N) is 2. The van der Waals surface area contributed by atoms with Crippen LogP contribution in [0.3, 0.4) is 0 Å². The molecule has 0 saturated carbocycles. The Balaban J connectivity index is 1.41. The van der Waals surface area contributed by atoms with E-state index in [1.807, 2.05) is 72.8 Å². The molecule has 11 heteroatoms. The van der Waals surface area contributed by atoms with Crippen molar-refractivity contribution in [3.63, 3.8) is 0 Å². The number of halogens is 3. The molecule has 0 saturated heterocycles. The second-order valence-corrected chi connectivity index (χ2v) is 13.5. The van der Waals surface area contributed by atoms with Crippen molar-refractivity contribution in [3.05, 3.63) is 134 Å². The van der Waals surface area contributed by atoms with Gasteiger partial charge in [0.15, 0.2) is 11.6 Å². The number of hydrogen-bond acceptors (Lipinski definition) is 7. The number of hydrazine groups is 1. The number of benzene rings is 4. The van der Waals surface area contributed by atoms with Crippen molar-refractivity contribution < 1.29 is 23.8 Å². The molecule has 4 aromatic carbocycles. The van der Waals surface area contributed by atoms with Gasteiger partial charge in [0.25, 0.3) is 5.91 Å². The average Bonchev–Trinajstić information content (AvgIpc) is 3.45. The van der Waals surface area contributed by atoms with Crippen LogP contribution in [0.2, 0.25) is 0 Å². The van der Waals surface area contributed by atoms with Gasteiger partial charge in [-0.25, -0.2) is 14.8 Å². The van der Waals surface area contributed by atoms with Gasteiger partial charge in [-0.1, -0.05) is 80.4 Å². The molecule has 240 valence electrons. The predicted molar refractivity (Wildman–Crippen MR) is 187 cm³/mol. The number of thioether (sulfide) groups is 1. The van der Waals surface area contributed by atoms with Gasteiger partial charge in [0.1, 0.15) is 11.6 Å². The summed E-state index contributed by atoms with van der Waals surface area (Å²) in [4.78, 5) is 19.5.